The van der Waals surface area contributed by atoms with E-state index in [-0.39, 0.29) is 11.6 Å². The number of alkyl halides is 1. The van der Waals surface area contributed by atoms with Gasteiger partial charge >= 0.3 is 0 Å². The van der Waals surface area contributed by atoms with Crippen molar-refractivity contribution < 1.29 is 13.6 Å². The first-order chi connectivity index (χ1) is 8.97. The van der Waals surface area contributed by atoms with Crippen molar-refractivity contribution in [1.29, 1.82) is 0 Å². The lowest BCUT2D eigenvalue weighted by atomic mass is 10.0. The van der Waals surface area contributed by atoms with Crippen molar-refractivity contribution in [3.8, 4) is 0 Å². The summed E-state index contributed by atoms with van der Waals surface area (Å²) >= 11 is 3.37. The summed E-state index contributed by atoms with van der Waals surface area (Å²) in [6.07, 6.45) is 0.858. The van der Waals surface area contributed by atoms with E-state index in [9.17, 15) is 13.6 Å². The largest absolute Gasteiger partial charge is 0.334 e. The van der Waals surface area contributed by atoms with Crippen molar-refractivity contribution in [2.75, 3.05) is 11.9 Å². The van der Waals surface area contributed by atoms with Crippen molar-refractivity contribution in [3.05, 3.63) is 34.9 Å². The Hall–Kier alpha value is -0.970. The number of amides is 1. The molecule has 1 aromatic rings. The lowest BCUT2D eigenvalue weighted by Crippen LogP contribution is -2.39. The fourth-order valence-electron chi connectivity index (χ4n) is 2.49. The fourth-order valence-corrected chi connectivity index (χ4v) is 3.48. The van der Waals surface area contributed by atoms with Gasteiger partial charge in [-0.2, -0.15) is 0 Å². The lowest BCUT2D eigenvalue weighted by molar-refractivity contribution is 0.0728. The highest BCUT2D eigenvalue weighted by molar-refractivity contribution is 9.09. The monoisotopic (exact) mass is 331 g/mol. The van der Waals surface area contributed by atoms with E-state index in [1.165, 1.54) is 13.0 Å². The van der Waals surface area contributed by atoms with Gasteiger partial charge in [0.05, 0.1) is 0 Å². The molecule has 104 valence electrons. The van der Waals surface area contributed by atoms with E-state index in [1.807, 2.05) is 6.92 Å². The van der Waals surface area contributed by atoms with Gasteiger partial charge in [0.25, 0.3) is 5.91 Å². The van der Waals surface area contributed by atoms with Gasteiger partial charge in [0.2, 0.25) is 0 Å². The Bertz CT molecular complexity index is 506. The molecule has 0 aromatic heterocycles. The number of hydrogen-bond acceptors (Lipinski definition) is 1. The van der Waals surface area contributed by atoms with Crippen LogP contribution >= 0.6 is 15.9 Å². The van der Waals surface area contributed by atoms with E-state index in [0.29, 0.717) is 17.8 Å². The molecule has 5 heteroatoms. The zero-order chi connectivity index (χ0) is 14.2. The zero-order valence-corrected chi connectivity index (χ0v) is 12.5. The van der Waals surface area contributed by atoms with Crippen molar-refractivity contribution >= 4 is 21.8 Å². The van der Waals surface area contributed by atoms with Crippen molar-refractivity contribution in [2.24, 2.45) is 5.92 Å². The van der Waals surface area contributed by atoms with Crippen LogP contribution < -0.4 is 0 Å². The minimum absolute atomic E-state index is 0.00758. The maximum absolute atomic E-state index is 14.0. The van der Waals surface area contributed by atoms with E-state index < -0.39 is 23.1 Å². The Kier molecular flexibility index (Phi) is 4.23. The van der Waals surface area contributed by atoms with Gasteiger partial charge in [-0.05, 0) is 30.9 Å². The third kappa shape index (κ3) is 2.53. The number of benzene rings is 1. The second kappa shape index (κ2) is 5.57. The van der Waals surface area contributed by atoms with Gasteiger partial charge in [-0.3, -0.25) is 4.79 Å². The van der Waals surface area contributed by atoms with E-state index in [4.69, 9.17) is 0 Å². The van der Waals surface area contributed by atoms with Crippen LogP contribution in [0.1, 0.15) is 29.3 Å². The second-order valence-electron chi connectivity index (χ2n) is 5.04. The number of hydrogen-bond donors (Lipinski definition) is 0. The highest BCUT2D eigenvalue weighted by Gasteiger charge is 2.36. The first-order valence-electron chi connectivity index (χ1n) is 6.29. The van der Waals surface area contributed by atoms with E-state index in [0.717, 1.165) is 12.5 Å². The number of rotatable bonds is 2. The number of carbonyl (C=O) groups excluding carboxylic acids is 1. The van der Waals surface area contributed by atoms with E-state index in [2.05, 4.69) is 15.9 Å². The number of aryl methyl sites for hydroxylation is 1. The molecule has 0 bridgehead atoms. The quantitative estimate of drug-likeness (QED) is 0.759. The van der Waals surface area contributed by atoms with Gasteiger partial charge in [0, 0.05) is 17.9 Å². The predicted molar refractivity (Wildman–Crippen MR) is 73.5 cm³/mol. The van der Waals surface area contributed by atoms with Gasteiger partial charge in [0.1, 0.15) is 17.2 Å². The molecule has 0 radical (unpaired) electrons. The smallest absolute Gasteiger partial charge is 0.260 e. The molecule has 19 heavy (non-hydrogen) atoms. The number of halogens is 3. The molecule has 2 atom stereocenters. The van der Waals surface area contributed by atoms with Crippen LogP contribution in [0.5, 0.6) is 0 Å². The summed E-state index contributed by atoms with van der Waals surface area (Å²) in [5.74, 6) is -1.76. The molecule has 0 spiro atoms. The molecule has 2 unspecified atom stereocenters. The molecular formula is C14H16BrF2NO. The maximum Gasteiger partial charge on any atom is 0.260 e. The number of nitrogens with zero attached hydrogens (tertiary/aromatic N) is 1. The molecule has 0 saturated carbocycles. The fraction of sp³-hybridized carbons (Fsp3) is 0.500. The van der Waals surface area contributed by atoms with Crippen LogP contribution in [0.2, 0.25) is 0 Å². The van der Waals surface area contributed by atoms with Crippen LogP contribution in [0.3, 0.4) is 0 Å². The Balaban J connectivity index is 2.38. The molecule has 1 aliphatic rings. The predicted octanol–water partition coefficient (Wildman–Crippen LogP) is 3.52. The summed E-state index contributed by atoms with van der Waals surface area (Å²) in [7, 11) is 0. The molecule has 1 saturated heterocycles. The van der Waals surface area contributed by atoms with Gasteiger partial charge in [-0.15, -0.1) is 0 Å². The SMILES string of the molecule is Cc1ccc(F)c(C(=O)N2CCC(C)C2CBr)c1F. The van der Waals surface area contributed by atoms with Crippen molar-refractivity contribution in [3.63, 3.8) is 0 Å². The first kappa shape index (κ1) is 14.4. The van der Waals surface area contributed by atoms with Crippen LogP contribution in [0.25, 0.3) is 0 Å². The topological polar surface area (TPSA) is 20.3 Å². The summed E-state index contributed by atoms with van der Waals surface area (Å²) in [4.78, 5) is 14.0. The van der Waals surface area contributed by atoms with Gasteiger partial charge in [-0.25, -0.2) is 8.78 Å². The molecule has 1 aromatic carbocycles. The average Bonchev–Trinajstić information content (AvgIpc) is 2.75. The molecule has 2 rings (SSSR count). The van der Waals surface area contributed by atoms with Crippen LogP contribution in [-0.4, -0.2) is 28.7 Å². The summed E-state index contributed by atoms with van der Waals surface area (Å²) < 4.78 is 27.8. The Labute approximate surface area is 119 Å². The van der Waals surface area contributed by atoms with Gasteiger partial charge < -0.3 is 4.90 Å². The summed E-state index contributed by atoms with van der Waals surface area (Å²) in [6.45, 7) is 4.12. The highest BCUT2D eigenvalue weighted by Crippen LogP contribution is 2.28. The molecule has 1 heterocycles. The number of likely N-dealkylation sites (tertiary alicyclic amines) is 1. The molecule has 0 aliphatic carbocycles. The zero-order valence-electron chi connectivity index (χ0n) is 10.9. The van der Waals surface area contributed by atoms with E-state index in [1.54, 1.807) is 4.90 Å². The summed E-state index contributed by atoms with van der Waals surface area (Å²) in [5.41, 5.74) is -0.146. The van der Waals surface area contributed by atoms with Gasteiger partial charge in [-0.1, -0.05) is 28.9 Å². The Morgan fingerprint density at radius 1 is 1.47 bits per heavy atom. The summed E-state index contributed by atoms with van der Waals surface area (Å²) in [6, 6.07) is 2.48. The Morgan fingerprint density at radius 3 is 2.79 bits per heavy atom. The van der Waals surface area contributed by atoms with Crippen LogP contribution in [0.15, 0.2) is 12.1 Å². The number of carbonyl (C=O) groups is 1. The second-order valence-corrected chi connectivity index (χ2v) is 5.69. The highest BCUT2D eigenvalue weighted by atomic mass is 79.9. The van der Waals surface area contributed by atoms with Crippen molar-refractivity contribution in [2.45, 2.75) is 26.3 Å². The van der Waals surface area contributed by atoms with Crippen molar-refractivity contribution in [1.82, 2.24) is 4.90 Å². The molecule has 2 nitrogen and oxygen atoms in total. The Morgan fingerprint density at radius 2 is 2.16 bits per heavy atom. The third-order valence-corrected chi connectivity index (χ3v) is 4.46. The third-order valence-electron chi connectivity index (χ3n) is 3.80. The molecule has 1 fully saturated rings. The molecule has 1 amide bonds. The average molecular weight is 332 g/mol. The van der Waals surface area contributed by atoms with Crippen LogP contribution in [0.4, 0.5) is 8.78 Å². The van der Waals surface area contributed by atoms with Gasteiger partial charge in [0.15, 0.2) is 0 Å². The summed E-state index contributed by atoms with van der Waals surface area (Å²) in [5, 5.41) is 0.620. The maximum atomic E-state index is 14.0. The lowest BCUT2D eigenvalue weighted by Gasteiger charge is -2.25. The standard InChI is InChI=1S/C14H16BrF2NO/c1-8-5-6-18(11(8)7-15)14(19)12-10(16)4-3-9(2)13(12)17/h3-4,8,11H,5-7H2,1-2H3. The molecule has 0 N–H and O–H groups in total. The van der Waals surface area contributed by atoms with E-state index >= 15 is 0 Å². The normalized spacial score (nSPS) is 22.9. The first-order valence-corrected chi connectivity index (χ1v) is 7.41. The minimum Gasteiger partial charge on any atom is -0.334 e. The minimum atomic E-state index is -0.791. The molecule has 1 aliphatic heterocycles. The van der Waals surface area contributed by atoms with Crippen LogP contribution in [-0.2, 0) is 0 Å². The molecular weight excluding hydrogens is 316 g/mol. The van der Waals surface area contributed by atoms with Crippen LogP contribution in [0, 0.1) is 24.5 Å².